The number of nitrogen functional groups attached to an aromatic ring is 1. The molecule has 174 valence electrons. The summed E-state index contributed by atoms with van der Waals surface area (Å²) in [5, 5.41) is 4.56. The first-order valence-corrected chi connectivity index (χ1v) is 10.6. The molecular weight excluding hydrogens is 471 g/mol. The van der Waals surface area contributed by atoms with Gasteiger partial charge in [0.25, 0.3) is 5.91 Å². The molecule has 1 atom stereocenters. The number of anilines is 2. The predicted octanol–water partition coefficient (Wildman–Crippen LogP) is 4.81. The van der Waals surface area contributed by atoms with Gasteiger partial charge in [-0.25, -0.2) is 9.97 Å². The molecule has 12 heteroatoms. The van der Waals surface area contributed by atoms with E-state index in [9.17, 15) is 18.0 Å². The van der Waals surface area contributed by atoms with Gasteiger partial charge in [-0.15, -0.1) is 0 Å². The summed E-state index contributed by atoms with van der Waals surface area (Å²) >= 11 is 6.43. The number of alkyl halides is 3. The zero-order valence-corrected chi connectivity index (χ0v) is 18.4. The number of nitrogens with zero attached hydrogens (tertiary/aromatic N) is 5. The van der Waals surface area contributed by atoms with Gasteiger partial charge in [-0.1, -0.05) is 11.6 Å². The normalized spacial score (nSPS) is 16.1. The number of aromatic nitrogens is 5. The Hall–Kier alpha value is -3.86. The average Bonchev–Trinajstić information content (AvgIpc) is 3.40. The number of hydrogen-bond acceptors (Lipinski definition) is 5. The predicted molar refractivity (Wildman–Crippen MR) is 120 cm³/mol. The quantitative estimate of drug-likeness (QED) is 0.431. The third-order valence-corrected chi connectivity index (χ3v) is 5.86. The summed E-state index contributed by atoms with van der Waals surface area (Å²) in [4.78, 5) is 26.4. The molecule has 4 aromatic rings. The number of carbonyl (C=O) groups is 1. The molecule has 0 spiro atoms. The van der Waals surface area contributed by atoms with E-state index in [1.807, 2.05) is 6.92 Å². The second-order valence-electron chi connectivity index (χ2n) is 7.88. The van der Waals surface area contributed by atoms with Gasteiger partial charge in [-0.3, -0.25) is 9.48 Å². The van der Waals surface area contributed by atoms with Gasteiger partial charge in [0.05, 0.1) is 23.4 Å². The largest absolute Gasteiger partial charge is 0.416 e. The van der Waals surface area contributed by atoms with Gasteiger partial charge >= 0.3 is 6.18 Å². The average molecular weight is 488 g/mol. The zero-order valence-electron chi connectivity index (χ0n) is 17.6. The Kier molecular flexibility index (Phi) is 5.08. The fourth-order valence-corrected chi connectivity index (χ4v) is 4.13. The highest BCUT2D eigenvalue weighted by Crippen LogP contribution is 2.37. The SMILES string of the molecule is C[C@H]1CN(c2ccc(C(F)(F)F)cc2)C(=O)c2c(-c3nc(-c4ccc(N)nc4)[nH]c3Cl)cnn21. The van der Waals surface area contributed by atoms with Crippen LogP contribution in [-0.4, -0.2) is 37.2 Å². The number of rotatable bonds is 3. The summed E-state index contributed by atoms with van der Waals surface area (Å²) in [6.07, 6.45) is -1.41. The van der Waals surface area contributed by atoms with Gasteiger partial charge in [0.15, 0.2) is 0 Å². The lowest BCUT2D eigenvalue weighted by Gasteiger charge is -2.32. The zero-order chi connectivity index (χ0) is 24.2. The van der Waals surface area contributed by atoms with E-state index in [1.54, 1.807) is 23.0 Å². The fraction of sp³-hybridized carbons (Fsp3) is 0.182. The van der Waals surface area contributed by atoms with Crippen LogP contribution in [0, 0.1) is 0 Å². The molecule has 0 unspecified atom stereocenters. The Morgan fingerprint density at radius 2 is 1.88 bits per heavy atom. The van der Waals surface area contributed by atoms with Crippen molar-refractivity contribution < 1.29 is 18.0 Å². The van der Waals surface area contributed by atoms with Crippen molar-refractivity contribution in [2.75, 3.05) is 17.2 Å². The van der Waals surface area contributed by atoms with Crippen LogP contribution in [-0.2, 0) is 6.18 Å². The highest BCUT2D eigenvalue weighted by molar-refractivity contribution is 6.32. The summed E-state index contributed by atoms with van der Waals surface area (Å²) in [6.45, 7) is 2.11. The minimum Gasteiger partial charge on any atom is -0.384 e. The Bertz CT molecular complexity index is 1380. The molecule has 1 aromatic carbocycles. The maximum atomic E-state index is 13.5. The molecule has 0 bridgehead atoms. The van der Waals surface area contributed by atoms with Crippen LogP contribution in [0.2, 0.25) is 5.15 Å². The van der Waals surface area contributed by atoms with E-state index < -0.39 is 17.6 Å². The van der Waals surface area contributed by atoms with Crippen molar-refractivity contribution >= 4 is 29.0 Å². The fourth-order valence-electron chi connectivity index (χ4n) is 3.90. The number of nitrogens with two attached hydrogens (primary N) is 1. The van der Waals surface area contributed by atoms with E-state index in [0.717, 1.165) is 12.1 Å². The number of imidazole rings is 1. The van der Waals surface area contributed by atoms with Gasteiger partial charge in [0, 0.05) is 24.0 Å². The molecule has 1 amide bonds. The number of halogens is 4. The standard InChI is InChI=1S/C22H17ClF3N7O/c1-11-10-32(14-5-3-13(4-6-14)22(24,25)26)21(34)18-15(9-29-33(11)18)17-19(23)31-20(30-17)12-2-7-16(27)28-8-12/h2-9,11H,10H2,1H3,(H2,27,28)(H,30,31)/t11-/m0/s1. The van der Waals surface area contributed by atoms with Crippen molar-refractivity contribution in [2.45, 2.75) is 19.1 Å². The maximum absolute atomic E-state index is 13.5. The molecule has 1 aliphatic heterocycles. The van der Waals surface area contributed by atoms with Crippen LogP contribution in [0.25, 0.3) is 22.6 Å². The monoisotopic (exact) mass is 487 g/mol. The van der Waals surface area contributed by atoms with E-state index in [-0.39, 0.29) is 23.4 Å². The van der Waals surface area contributed by atoms with Gasteiger partial charge < -0.3 is 15.6 Å². The lowest BCUT2D eigenvalue weighted by atomic mass is 10.1. The third-order valence-electron chi connectivity index (χ3n) is 5.59. The first-order valence-electron chi connectivity index (χ1n) is 10.2. The number of aromatic amines is 1. The second-order valence-corrected chi connectivity index (χ2v) is 8.26. The first-order chi connectivity index (χ1) is 16.1. The van der Waals surface area contributed by atoms with Crippen LogP contribution in [0.5, 0.6) is 0 Å². The minimum atomic E-state index is -4.46. The van der Waals surface area contributed by atoms with Crippen molar-refractivity contribution in [1.82, 2.24) is 24.7 Å². The summed E-state index contributed by atoms with van der Waals surface area (Å²) in [6, 6.07) is 7.60. The molecule has 8 nitrogen and oxygen atoms in total. The van der Waals surface area contributed by atoms with Crippen molar-refractivity contribution in [1.29, 1.82) is 0 Å². The molecule has 0 saturated heterocycles. The molecule has 5 rings (SSSR count). The van der Waals surface area contributed by atoms with Crippen molar-refractivity contribution in [3.05, 3.63) is 65.2 Å². The van der Waals surface area contributed by atoms with E-state index >= 15 is 0 Å². The highest BCUT2D eigenvalue weighted by Gasteiger charge is 2.36. The van der Waals surface area contributed by atoms with E-state index in [0.29, 0.717) is 34.2 Å². The first kappa shape index (κ1) is 22.0. The third kappa shape index (κ3) is 3.67. The molecular formula is C22H17ClF3N7O. The number of benzene rings is 1. The minimum absolute atomic E-state index is 0.203. The molecule has 3 N–H and O–H groups in total. The molecule has 0 saturated carbocycles. The smallest absolute Gasteiger partial charge is 0.384 e. The summed E-state index contributed by atoms with van der Waals surface area (Å²) in [5.74, 6) is 0.374. The number of hydrogen-bond donors (Lipinski definition) is 2. The second kappa shape index (κ2) is 7.87. The Balaban J connectivity index is 1.53. The number of nitrogens with one attached hydrogen (secondary N) is 1. The molecule has 1 aliphatic rings. The summed E-state index contributed by atoms with van der Waals surface area (Å²) < 4.78 is 40.4. The summed E-state index contributed by atoms with van der Waals surface area (Å²) in [5.41, 5.74) is 6.83. The molecule has 0 radical (unpaired) electrons. The van der Waals surface area contributed by atoms with Crippen LogP contribution >= 0.6 is 11.6 Å². The number of amides is 1. The van der Waals surface area contributed by atoms with Gasteiger partial charge in [-0.05, 0) is 43.3 Å². The van der Waals surface area contributed by atoms with Gasteiger partial charge in [0.2, 0.25) is 0 Å². The highest BCUT2D eigenvalue weighted by atomic mass is 35.5. The number of pyridine rings is 1. The Morgan fingerprint density at radius 3 is 2.53 bits per heavy atom. The van der Waals surface area contributed by atoms with E-state index in [1.165, 1.54) is 23.2 Å². The van der Waals surface area contributed by atoms with Crippen LogP contribution in [0.1, 0.15) is 29.0 Å². The Morgan fingerprint density at radius 1 is 1.15 bits per heavy atom. The van der Waals surface area contributed by atoms with E-state index in [4.69, 9.17) is 17.3 Å². The molecule has 4 heterocycles. The number of H-pyrrole nitrogens is 1. The summed E-state index contributed by atoms with van der Waals surface area (Å²) in [7, 11) is 0. The van der Waals surface area contributed by atoms with Gasteiger partial charge in [-0.2, -0.15) is 18.3 Å². The topological polar surface area (TPSA) is 106 Å². The lowest BCUT2D eigenvalue weighted by Crippen LogP contribution is -2.42. The van der Waals surface area contributed by atoms with Crippen molar-refractivity contribution in [3.63, 3.8) is 0 Å². The molecule has 0 fully saturated rings. The Labute approximate surface area is 196 Å². The van der Waals surface area contributed by atoms with Crippen molar-refractivity contribution in [3.8, 4) is 22.6 Å². The molecule has 34 heavy (non-hydrogen) atoms. The maximum Gasteiger partial charge on any atom is 0.416 e. The van der Waals surface area contributed by atoms with Crippen LogP contribution in [0.3, 0.4) is 0 Å². The number of fused-ring (bicyclic) bond motifs is 1. The van der Waals surface area contributed by atoms with E-state index in [2.05, 4.69) is 20.1 Å². The van der Waals surface area contributed by atoms with Gasteiger partial charge in [0.1, 0.15) is 28.2 Å². The molecule has 3 aromatic heterocycles. The van der Waals surface area contributed by atoms with Crippen LogP contribution < -0.4 is 10.6 Å². The van der Waals surface area contributed by atoms with Crippen LogP contribution in [0.15, 0.2) is 48.8 Å². The number of carbonyl (C=O) groups excluding carboxylic acids is 1. The van der Waals surface area contributed by atoms with Crippen LogP contribution in [0.4, 0.5) is 24.7 Å². The molecule has 0 aliphatic carbocycles. The van der Waals surface area contributed by atoms with Crippen molar-refractivity contribution in [2.24, 2.45) is 0 Å². The lowest BCUT2D eigenvalue weighted by molar-refractivity contribution is -0.137.